The Morgan fingerprint density at radius 3 is 2.76 bits per heavy atom. The predicted molar refractivity (Wildman–Crippen MR) is 93.8 cm³/mol. The van der Waals surface area contributed by atoms with Gasteiger partial charge in [0.1, 0.15) is 11.8 Å². The van der Waals surface area contributed by atoms with E-state index in [9.17, 15) is 9.59 Å². The lowest BCUT2D eigenvalue weighted by atomic mass is 9.99. The number of carbonyl (C=O) groups excluding carboxylic acids is 2. The van der Waals surface area contributed by atoms with Gasteiger partial charge in [-0.05, 0) is 38.6 Å². The first-order valence-corrected chi connectivity index (χ1v) is 8.84. The van der Waals surface area contributed by atoms with Crippen LogP contribution in [0.5, 0.6) is 0 Å². The van der Waals surface area contributed by atoms with Gasteiger partial charge in [-0.3, -0.25) is 4.90 Å². The molecule has 0 spiro atoms. The molecule has 1 aliphatic heterocycles. The largest absolute Gasteiger partial charge is 0.467 e. The van der Waals surface area contributed by atoms with Crippen LogP contribution in [0.1, 0.15) is 45.4 Å². The smallest absolute Gasteiger partial charge is 0.338 e. The van der Waals surface area contributed by atoms with E-state index in [-0.39, 0.29) is 12.6 Å². The second kappa shape index (κ2) is 9.27. The number of amides is 2. The maximum atomic E-state index is 12.6. The van der Waals surface area contributed by atoms with Crippen LogP contribution in [0.25, 0.3) is 0 Å². The van der Waals surface area contributed by atoms with Gasteiger partial charge in [-0.2, -0.15) is 0 Å². The molecular weight excluding hydrogens is 322 g/mol. The van der Waals surface area contributed by atoms with Crippen molar-refractivity contribution in [1.82, 2.24) is 15.5 Å². The fourth-order valence-corrected chi connectivity index (χ4v) is 2.82. The zero-order valence-corrected chi connectivity index (χ0v) is 15.1. The summed E-state index contributed by atoms with van der Waals surface area (Å²) in [5, 5.41) is 5.54. The van der Waals surface area contributed by atoms with Gasteiger partial charge >= 0.3 is 12.0 Å². The summed E-state index contributed by atoms with van der Waals surface area (Å²) in [7, 11) is 0. The van der Waals surface area contributed by atoms with Crippen LogP contribution in [0.2, 0.25) is 0 Å². The van der Waals surface area contributed by atoms with Crippen molar-refractivity contribution in [3.8, 4) is 0 Å². The summed E-state index contributed by atoms with van der Waals surface area (Å²) >= 11 is 0. The van der Waals surface area contributed by atoms with Crippen molar-refractivity contribution in [2.24, 2.45) is 0 Å². The van der Waals surface area contributed by atoms with Crippen LogP contribution in [-0.4, -0.2) is 43.1 Å². The van der Waals surface area contributed by atoms with E-state index in [1.54, 1.807) is 19.1 Å². The number of urea groups is 1. The minimum Gasteiger partial charge on any atom is -0.467 e. The van der Waals surface area contributed by atoms with Gasteiger partial charge in [0, 0.05) is 12.2 Å². The van der Waals surface area contributed by atoms with Gasteiger partial charge in [0.05, 0.1) is 18.4 Å². The Morgan fingerprint density at radius 1 is 1.36 bits per heavy atom. The van der Waals surface area contributed by atoms with Crippen molar-refractivity contribution in [1.29, 1.82) is 0 Å². The molecule has 1 atom stereocenters. The Kier molecular flexibility index (Phi) is 7.06. The van der Waals surface area contributed by atoms with Crippen LogP contribution in [0.15, 0.2) is 34.1 Å². The molecule has 1 aliphatic rings. The first-order chi connectivity index (χ1) is 12.1. The predicted octanol–water partition coefficient (Wildman–Crippen LogP) is 2.57. The van der Waals surface area contributed by atoms with Gasteiger partial charge in [-0.1, -0.05) is 20.3 Å². The van der Waals surface area contributed by atoms with Crippen molar-refractivity contribution < 1.29 is 18.7 Å². The number of unbranched alkanes of at least 4 members (excludes halogenated alkanes) is 1. The molecule has 0 saturated heterocycles. The topological polar surface area (TPSA) is 83.8 Å². The highest BCUT2D eigenvalue weighted by Gasteiger charge is 2.35. The molecule has 138 valence electrons. The Labute approximate surface area is 148 Å². The number of hydrogen-bond acceptors (Lipinski definition) is 5. The number of rotatable bonds is 9. The van der Waals surface area contributed by atoms with Gasteiger partial charge < -0.3 is 19.8 Å². The Balaban J connectivity index is 2.37. The first kappa shape index (κ1) is 19.1. The molecule has 7 heteroatoms. The molecule has 25 heavy (non-hydrogen) atoms. The number of ether oxygens (including phenoxy) is 1. The van der Waals surface area contributed by atoms with Crippen molar-refractivity contribution in [3.63, 3.8) is 0 Å². The molecule has 0 radical (unpaired) electrons. The summed E-state index contributed by atoms with van der Waals surface area (Å²) in [6.45, 7) is 8.44. The average Bonchev–Trinajstić information content (AvgIpc) is 3.12. The Bertz CT molecular complexity index is 610. The second-order valence-corrected chi connectivity index (χ2v) is 5.88. The minimum absolute atomic E-state index is 0.266. The lowest BCUT2D eigenvalue weighted by Crippen LogP contribution is -2.48. The molecule has 0 unspecified atom stereocenters. The van der Waals surface area contributed by atoms with E-state index in [1.807, 2.05) is 0 Å². The molecule has 1 aromatic heterocycles. The number of nitrogens with zero attached hydrogens (tertiary/aromatic N) is 1. The number of furan rings is 1. The number of hydrogen-bond donors (Lipinski definition) is 2. The van der Waals surface area contributed by atoms with E-state index >= 15 is 0 Å². The standard InChI is InChI=1S/C18H27N3O4/c1-4-7-10-21(5-2)12-13-15(17(22)24-6-3)16(20-18(23)19-13)14-9-8-11-25-14/h8-9,11,16H,4-7,10,12H2,1-3H3,(H2,19,20,23)/t16-/m0/s1. The lowest BCUT2D eigenvalue weighted by Gasteiger charge is -2.30. The molecule has 2 heterocycles. The van der Waals surface area contributed by atoms with Gasteiger partial charge in [0.25, 0.3) is 0 Å². The van der Waals surface area contributed by atoms with E-state index < -0.39 is 12.0 Å². The van der Waals surface area contributed by atoms with Gasteiger partial charge in [0.15, 0.2) is 0 Å². The van der Waals surface area contributed by atoms with Crippen LogP contribution in [0.4, 0.5) is 4.79 Å². The van der Waals surface area contributed by atoms with E-state index in [1.165, 1.54) is 6.26 Å². The molecular formula is C18H27N3O4. The van der Waals surface area contributed by atoms with E-state index in [0.29, 0.717) is 23.6 Å². The monoisotopic (exact) mass is 349 g/mol. The highest BCUT2D eigenvalue weighted by molar-refractivity contribution is 5.95. The highest BCUT2D eigenvalue weighted by Crippen LogP contribution is 2.28. The highest BCUT2D eigenvalue weighted by atomic mass is 16.5. The summed E-state index contributed by atoms with van der Waals surface area (Å²) in [4.78, 5) is 26.9. The normalized spacial score (nSPS) is 17.4. The molecule has 2 N–H and O–H groups in total. The van der Waals surface area contributed by atoms with E-state index in [0.717, 1.165) is 25.9 Å². The van der Waals surface area contributed by atoms with Gasteiger partial charge in [-0.15, -0.1) is 0 Å². The van der Waals surface area contributed by atoms with Crippen molar-refractivity contribution >= 4 is 12.0 Å². The van der Waals surface area contributed by atoms with Crippen molar-refractivity contribution in [3.05, 3.63) is 35.4 Å². The molecule has 0 aliphatic carbocycles. The quantitative estimate of drug-likeness (QED) is 0.670. The minimum atomic E-state index is -0.650. The van der Waals surface area contributed by atoms with E-state index in [2.05, 4.69) is 29.4 Å². The van der Waals surface area contributed by atoms with Crippen LogP contribution < -0.4 is 10.6 Å². The van der Waals surface area contributed by atoms with Crippen molar-refractivity contribution in [2.75, 3.05) is 26.2 Å². The SMILES string of the molecule is CCCCN(CC)CC1=C(C(=O)OCC)[C@H](c2ccco2)NC(=O)N1. The first-order valence-electron chi connectivity index (χ1n) is 8.84. The van der Waals surface area contributed by atoms with Crippen LogP contribution in [0.3, 0.4) is 0 Å². The van der Waals surface area contributed by atoms with Gasteiger partial charge in [0.2, 0.25) is 0 Å². The van der Waals surface area contributed by atoms with Gasteiger partial charge in [-0.25, -0.2) is 9.59 Å². The third-order valence-electron chi connectivity index (χ3n) is 4.13. The number of carbonyl (C=O) groups is 2. The third-order valence-corrected chi connectivity index (χ3v) is 4.13. The summed E-state index contributed by atoms with van der Waals surface area (Å²) in [6.07, 6.45) is 3.67. The average molecular weight is 349 g/mol. The van der Waals surface area contributed by atoms with Crippen LogP contribution in [-0.2, 0) is 9.53 Å². The molecule has 7 nitrogen and oxygen atoms in total. The number of esters is 1. The molecule has 2 rings (SSSR count). The molecule has 0 aromatic carbocycles. The molecule has 0 bridgehead atoms. The zero-order chi connectivity index (χ0) is 18.2. The van der Waals surface area contributed by atoms with Crippen LogP contribution >= 0.6 is 0 Å². The molecule has 2 amide bonds. The summed E-state index contributed by atoms with van der Waals surface area (Å²) in [6, 6.07) is 2.46. The Hall–Kier alpha value is -2.28. The van der Waals surface area contributed by atoms with Crippen LogP contribution in [0, 0.1) is 0 Å². The fourth-order valence-electron chi connectivity index (χ4n) is 2.82. The molecule has 0 saturated carbocycles. The lowest BCUT2D eigenvalue weighted by molar-refractivity contribution is -0.139. The number of nitrogens with one attached hydrogen (secondary N) is 2. The summed E-state index contributed by atoms with van der Waals surface area (Å²) < 4.78 is 10.6. The number of likely N-dealkylation sites (N-methyl/N-ethyl adjacent to an activating group) is 1. The third kappa shape index (κ3) is 4.85. The van der Waals surface area contributed by atoms with E-state index in [4.69, 9.17) is 9.15 Å². The summed E-state index contributed by atoms with van der Waals surface area (Å²) in [5.41, 5.74) is 0.966. The molecule has 1 aromatic rings. The molecule has 0 fully saturated rings. The zero-order valence-electron chi connectivity index (χ0n) is 15.1. The van der Waals surface area contributed by atoms with Crippen molar-refractivity contribution in [2.45, 2.75) is 39.7 Å². The maximum absolute atomic E-state index is 12.6. The summed E-state index contributed by atoms with van der Waals surface area (Å²) in [5.74, 6) is 0.0601. The second-order valence-electron chi connectivity index (χ2n) is 5.88. The Morgan fingerprint density at radius 2 is 2.16 bits per heavy atom. The fraction of sp³-hybridized carbons (Fsp3) is 0.556. The maximum Gasteiger partial charge on any atom is 0.338 e.